The van der Waals surface area contributed by atoms with Crippen LogP contribution in [0.3, 0.4) is 0 Å². The number of nitrogens with zero attached hydrogens (tertiary/aromatic N) is 3. The Balaban J connectivity index is 1.79. The van der Waals surface area contributed by atoms with Gasteiger partial charge >= 0.3 is 0 Å². The molecule has 0 aliphatic carbocycles. The third kappa shape index (κ3) is 3.89. The highest BCUT2D eigenvalue weighted by Crippen LogP contribution is 2.10. The van der Waals surface area contributed by atoms with Crippen LogP contribution in [0.2, 0.25) is 0 Å². The lowest BCUT2D eigenvalue weighted by Crippen LogP contribution is -2.42. The van der Waals surface area contributed by atoms with Crippen molar-refractivity contribution in [2.75, 3.05) is 31.1 Å². The summed E-state index contributed by atoms with van der Waals surface area (Å²) in [4.78, 5) is 11.0. The highest BCUT2D eigenvalue weighted by molar-refractivity contribution is 7.99. The SMILES string of the molecule is Cc1nc(CCN=C(N)N2CCSCC2)cs1. The molecule has 1 aromatic heterocycles. The molecule has 1 aliphatic rings. The van der Waals surface area contributed by atoms with Crippen LogP contribution in [0.5, 0.6) is 0 Å². The molecule has 1 aliphatic heterocycles. The van der Waals surface area contributed by atoms with E-state index in [4.69, 9.17) is 5.73 Å². The van der Waals surface area contributed by atoms with Crippen molar-refractivity contribution in [2.45, 2.75) is 13.3 Å². The lowest BCUT2D eigenvalue weighted by atomic mass is 10.3. The zero-order valence-corrected chi connectivity index (χ0v) is 11.7. The van der Waals surface area contributed by atoms with Gasteiger partial charge in [-0.1, -0.05) is 0 Å². The molecular weight excluding hydrogens is 252 g/mol. The van der Waals surface area contributed by atoms with Crippen molar-refractivity contribution in [3.05, 3.63) is 16.1 Å². The average Bonchev–Trinajstić information content (AvgIpc) is 2.76. The van der Waals surface area contributed by atoms with Gasteiger partial charge in [-0.25, -0.2) is 4.98 Å². The van der Waals surface area contributed by atoms with Gasteiger partial charge in [0.05, 0.1) is 10.7 Å². The summed E-state index contributed by atoms with van der Waals surface area (Å²) in [5, 5.41) is 3.21. The predicted molar refractivity (Wildman–Crippen MR) is 75.9 cm³/mol. The van der Waals surface area contributed by atoms with Crippen LogP contribution in [0.25, 0.3) is 0 Å². The van der Waals surface area contributed by atoms with Gasteiger partial charge in [-0.2, -0.15) is 11.8 Å². The van der Waals surface area contributed by atoms with Gasteiger partial charge in [0, 0.05) is 42.9 Å². The summed E-state index contributed by atoms with van der Waals surface area (Å²) in [5.74, 6) is 3.00. The minimum Gasteiger partial charge on any atom is -0.370 e. The number of nitrogens with two attached hydrogens (primary N) is 1. The Morgan fingerprint density at radius 2 is 2.29 bits per heavy atom. The van der Waals surface area contributed by atoms with Crippen LogP contribution in [-0.4, -0.2) is 47.0 Å². The van der Waals surface area contributed by atoms with E-state index >= 15 is 0 Å². The van der Waals surface area contributed by atoms with Crippen LogP contribution in [0, 0.1) is 6.92 Å². The van der Waals surface area contributed by atoms with Gasteiger partial charge in [-0.05, 0) is 6.92 Å². The van der Waals surface area contributed by atoms with Gasteiger partial charge in [0.25, 0.3) is 0 Å². The summed E-state index contributed by atoms with van der Waals surface area (Å²) < 4.78 is 0. The Morgan fingerprint density at radius 1 is 1.53 bits per heavy atom. The third-order valence-electron chi connectivity index (χ3n) is 2.64. The normalized spacial score (nSPS) is 17.5. The molecule has 0 unspecified atom stereocenters. The van der Waals surface area contributed by atoms with E-state index in [-0.39, 0.29) is 0 Å². The molecule has 1 saturated heterocycles. The summed E-state index contributed by atoms with van der Waals surface area (Å²) in [6.07, 6.45) is 0.883. The molecule has 0 saturated carbocycles. The maximum atomic E-state index is 5.97. The molecule has 0 aromatic carbocycles. The lowest BCUT2D eigenvalue weighted by molar-refractivity contribution is 0.456. The first-order chi connectivity index (χ1) is 8.25. The monoisotopic (exact) mass is 270 g/mol. The van der Waals surface area contributed by atoms with E-state index in [1.807, 2.05) is 18.7 Å². The fourth-order valence-corrected chi connectivity index (χ4v) is 3.25. The topological polar surface area (TPSA) is 54.5 Å². The maximum absolute atomic E-state index is 5.97. The van der Waals surface area contributed by atoms with Gasteiger partial charge in [0.15, 0.2) is 5.96 Å². The first-order valence-corrected chi connectivity index (χ1v) is 7.83. The summed E-state index contributed by atoms with van der Waals surface area (Å²) in [6.45, 7) is 4.81. The van der Waals surface area contributed by atoms with Crippen LogP contribution in [0.15, 0.2) is 10.4 Å². The number of guanidine groups is 1. The van der Waals surface area contributed by atoms with E-state index in [0.29, 0.717) is 5.96 Å². The van der Waals surface area contributed by atoms with Crippen LogP contribution < -0.4 is 5.73 Å². The molecule has 17 heavy (non-hydrogen) atoms. The smallest absolute Gasteiger partial charge is 0.191 e. The van der Waals surface area contributed by atoms with E-state index in [0.717, 1.165) is 48.3 Å². The minimum absolute atomic E-state index is 0.692. The second kappa shape index (κ2) is 6.26. The molecule has 2 heterocycles. The number of thiazole rings is 1. The van der Waals surface area contributed by atoms with Gasteiger partial charge in [0.2, 0.25) is 0 Å². The van der Waals surface area contributed by atoms with Crippen LogP contribution in [0.1, 0.15) is 10.7 Å². The van der Waals surface area contributed by atoms with Crippen molar-refractivity contribution < 1.29 is 0 Å². The summed E-state index contributed by atoms with van der Waals surface area (Å²) in [5.41, 5.74) is 7.09. The maximum Gasteiger partial charge on any atom is 0.191 e. The molecule has 0 spiro atoms. The van der Waals surface area contributed by atoms with E-state index in [2.05, 4.69) is 20.3 Å². The summed E-state index contributed by atoms with van der Waals surface area (Å²) in [6, 6.07) is 0. The Morgan fingerprint density at radius 3 is 2.94 bits per heavy atom. The first kappa shape index (κ1) is 12.7. The quantitative estimate of drug-likeness (QED) is 0.665. The van der Waals surface area contributed by atoms with Crippen molar-refractivity contribution in [1.82, 2.24) is 9.88 Å². The largest absolute Gasteiger partial charge is 0.370 e. The van der Waals surface area contributed by atoms with Crippen molar-refractivity contribution in [3.63, 3.8) is 0 Å². The number of aryl methyl sites for hydroxylation is 1. The highest BCUT2D eigenvalue weighted by atomic mass is 32.2. The number of thioether (sulfide) groups is 1. The molecule has 94 valence electrons. The molecule has 0 amide bonds. The number of hydrogen-bond donors (Lipinski definition) is 1. The third-order valence-corrected chi connectivity index (χ3v) is 4.41. The molecule has 0 bridgehead atoms. The zero-order valence-electron chi connectivity index (χ0n) is 10.1. The van der Waals surface area contributed by atoms with Crippen molar-refractivity contribution >= 4 is 29.1 Å². The molecular formula is C11H18N4S2. The number of rotatable bonds is 3. The molecule has 1 fully saturated rings. The molecule has 2 N–H and O–H groups in total. The molecule has 2 rings (SSSR count). The van der Waals surface area contributed by atoms with Crippen LogP contribution >= 0.6 is 23.1 Å². The second-order valence-electron chi connectivity index (χ2n) is 3.95. The molecule has 4 nitrogen and oxygen atoms in total. The molecule has 6 heteroatoms. The number of aliphatic imine (C=N–C) groups is 1. The van der Waals surface area contributed by atoms with Crippen LogP contribution in [0.4, 0.5) is 0 Å². The molecule has 0 radical (unpaired) electrons. The summed E-state index contributed by atoms with van der Waals surface area (Å²) >= 11 is 3.67. The number of aromatic nitrogens is 1. The predicted octanol–water partition coefficient (Wildman–Crippen LogP) is 1.36. The first-order valence-electron chi connectivity index (χ1n) is 5.79. The Labute approximate surface area is 110 Å². The summed E-state index contributed by atoms with van der Waals surface area (Å²) in [7, 11) is 0. The fourth-order valence-electron chi connectivity index (χ4n) is 1.70. The van der Waals surface area contributed by atoms with E-state index < -0.39 is 0 Å². The Kier molecular flexibility index (Phi) is 4.67. The fraction of sp³-hybridized carbons (Fsp3) is 0.636. The van der Waals surface area contributed by atoms with Crippen molar-refractivity contribution in [3.8, 4) is 0 Å². The van der Waals surface area contributed by atoms with Gasteiger partial charge in [-0.3, -0.25) is 4.99 Å². The van der Waals surface area contributed by atoms with Crippen molar-refractivity contribution in [2.24, 2.45) is 10.7 Å². The highest BCUT2D eigenvalue weighted by Gasteiger charge is 2.11. The van der Waals surface area contributed by atoms with E-state index in [1.165, 1.54) is 0 Å². The average molecular weight is 270 g/mol. The molecule has 0 atom stereocenters. The molecule has 1 aromatic rings. The van der Waals surface area contributed by atoms with E-state index in [1.54, 1.807) is 11.3 Å². The number of hydrogen-bond acceptors (Lipinski definition) is 4. The zero-order chi connectivity index (χ0) is 12.1. The van der Waals surface area contributed by atoms with Gasteiger partial charge in [-0.15, -0.1) is 11.3 Å². The van der Waals surface area contributed by atoms with Gasteiger partial charge < -0.3 is 10.6 Å². The van der Waals surface area contributed by atoms with Crippen molar-refractivity contribution in [1.29, 1.82) is 0 Å². The van der Waals surface area contributed by atoms with Crippen LogP contribution in [-0.2, 0) is 6.42 Å². The Hall–Kier alpha value is -0.750. The second-order valence-corrected chi connectivity index (χ2v) is 6.23. The minimum atomic E-state index is 0.692. The Bertz CT molecular complexity index is 383. The van der Waals surface area contributed by atoms with E-state index in [9.17, 15) is 0 Å². The standard InChI is InChI=1S/C11H18N4S2/c1-9-14-10(8-17-9)2-3-13-11(12)15-4-6-16-7-5-15/h8H,2-7H2,1H3,(H2,12,13). The van der Waals surface area contributed by atoms with Gasteiger partial charge in [0.1, 0.15) is 0 Å². The lowest BCUT2D eigenvalue weighted by Gasteiger charge is -2.27.